The van der Waals surface area contributed by atoms with Crippen LogP contribution in [0.1, 0.15) is 5.56 Å². The standard InChI is InChI=1S/C11H11ClN2O.ClH/c12-8-2-1-3-9-7(8)6-10(15-9)11-13-4-5-14-11;/h1-3,10H,4-6H2,(H,13,14);1H. The molecule has 0 spiro atoms. The molecule has 0 bridgehead atoms. The molecule has 2 heterocycles. The molecule has 1 N–H and O–H groups in total. The van der Waals surface area contributed by atoms with E-state index in [1.807, 2.05) is 18.2 Å². The second-order valence-corrected chi connectivity index (χ2v) is 4.13. The summed E-state index contributed by atoms with van der Waals surface area (Å²) in [6, 6.07) is 5.76. The smallest absolute Gasteiger partial charge is 0.159 e. The first-order chi connectivity index (χ1) is 7.34. The molecule has 0 saturated carbocycles. The first-order valence-corrected chi connectivity index (χ1v) is 5.44. The van der Waals surface area contributed by atoms with Crippen molar-refractivity contribution in [1.82, 2.24) is 5.32 Å². The zero-order valence-electron chi connectivity index (χ0n) is 8.57. The molecule has 16 heavy (non-hydrogen) atoms. The highest BCUT2D eigenvalue weighted by atomic mass is 35.5. The van der Waals surface area contributed by atoms with E-state index < -0.39 is 0 Å². The zero-order valence-corrected chi connectivity index (χ0v) is 10.1. The summed E-state index contributed by atoms with van der Waals surface area (Å²) < 4.78 is 5.79. The fourth-order valence-electron chi connectivity index (χ4n) is 2.01. The Morgan fingerprint density at radius 3 is 3.00 bits per heavy atom. The molecule has 0 aliphatic carbocycles. The molecule has 3 nitrogen and oxygen atoms in total. The first-order valence-electron chi connectivity index (χ1n) is 5.07. The molecule has 86 valence electrons. The highest BCUT2D eigenvalue weighted by Gasteiger charge is 2.29. The molecule has 0 radical (unpaired) electrons. The molecule has 0 fully saturated rings. The van der Waals surface area contributed by atoms with Gasteiger partial charge in [0.25, 0.3) is 0 Å². The number of amidine groups is 1. The maximum Gasteiger partial charge on any atom is 0.159 e. The second-order valence-electron chi connectivity index (χ2n) is 3.72. The maximum atomic E-state index is 6.10. The van der Waals surface area contributed by atoms with Crippen LogP contribution in [0.4, 0.5) is 0 Å². The topological polar surface area (TPSA) is 33.6 Å². The van der Waals surface area contributed by atoms with Gasteiger partial charge in [-0.05, 0) is 12.1 Å². The molecule has 1 aromatic rings. The number of ether oxygens (including phenoxy) is 1. The average Bonchev–Trinajstić information content (AvgIpc) is 2.86. The molecule has 0 aromatic heterocycles. The van der Waals surface area contributed by atoms with Gasteiger partial charge in [-0.15, -0.1) is 12.4 Å². The van der Waals surface area contributed by atoms with Crippen LogP contribution in [-0.4, -0.2) is 25.0 Å². The highest BCUT2D eigenvalue weighted by Crippen LogP contribution is 2.34. The van der Waals surface area contributed by atoms with Gasteiger partial charge in [0.1, 0.15) is 11.6 Å². The summed E-state index contributed by atoms with van der Waals surface area (Å²) in [6.07, 6.45) is 0.850. The van der Waals surface area contributed by atoms with Crippen LogP contribution >= 0.6 is 24.0 Å². The largest absolute Gasteiger partial charge is 0.482 e. The molecule has 2 aliphatic rings. The summed E-state index contributed by atoms with van der Waals surface area (Å²) in [5, 5.41) is 4.02. The molecule has 1 unspecified atom stereocenters. The maximum absolute atomic E-state index is 6.10. The van der Waals surface area contributed by atoms with Gasteiger partial charge in [0.05, 0.1) is 6.54 Å². The lowest BCUT2D eigenvalue weighted by Gasteiger charge is -2.10. The second kappa shape index (κ2) is 4.52. The minimum Gasteiger partial charge on any atom is -0.482 e. The first kappa shape index (κ1) is 11.6. The molecule has 0 amide bonds. The van der Waals surface area contributed by atoms with Crippen LogP contribution in [0.5, 0.6) is 5.75 Å². The van der Waals surface area contributed by atoms with Gasteiger partial charge >= 0.3 is 0 Å². The summed E-state index contributed by atoms with van der Waals surface area (Å²) in [5.74, 6) is 1.85. The fraction of sp³-hybridized carbons (Fsp3) is 0.364. The van der Waals surface area contributed by atoms with E-state index in [-0.39, 0.29) is 18.5 Å². The van der Waals surface area contributed by atoms with Gasteiger partial charge in [0, 0.05) is 23.6 Å². The van der Waals surface area contributed by atoms with E-state index >= 15 is 0 Å². The van der Waals surface area contributed by atoms with Gasteiger partial charge in [0.15, 0.2) is 6.10 Å². The third-order valence-electron chi connectivity index (χ3n) is 2.74. The van der Waals surface area contributed by atoms with Gasteiger partial charge < -0.3 is 10.1 Å². The molecule has 2 aliphatic heterocycles. The Kier molecular flexibility index (Phi) is 3.26. The number of halogens is 2. The van der Waals surface area contributed by atoms with Crippen molar-refractivity contribution in [3.8, 4) is 5.75 Å². The lowest BCUT2D eigenvalue weighted by molar-refractivity contribution is 0.298. The van der Waals surface area contributed by atoms with Crippen LogP contribution in [0.15, 0.2) is 23.2 Å². The van der Waals surface area contributed by atoms with Crippen molar-refractivity contribution in [2.75, 3.05) is 13.1 Å². The molecule has 0 saturated heterocycles. The molecular weight excluding hydrogens is 247 g/mol. The van der Waals surface area contributed by atoms with Gasteiger partial charge in [-0.2, -0.15) is 0 Å². The summed E-state index contributed by atoms with van der Waals surface area (Å²) in [6.45, 7) is 1.76. The van der Waals surface area contributed by atoms with Gasteiger partial charge in [-0.3, -0.25) is 4.99 Å². The predicted molar refractivity (Wildman–Crippen MR) is 67.1 cm³/mol. The van der Waals surface area contributed by atoms with E-state index in [1.165, 1.54) is 0 Å². The number of hydrogen-bond acceptors (Lipinski definition) is 3. The summed E-state index contributed by atoms with van der Waals surface area (Å²) >= 11 is 6.10. The Hall–Kier alpha value is -0.930. The number of nitrogens with one attached hydrogen (secondary N) is 1. The number of benzene rings is 1. The Morgan fingerprint density at radius 1 is 1.44 bits per heavy atom. The van der Waals surface area contributed by atoms with Crippen molar-refractivity contribution in [3.05, 3.63) is 28.8 Å². The Morgan fingerprint density at radius 2 is 2.31 bits per heavy atom. The van der Waals surface area contributed by atoms with E-state index in [0.29, 0.717) is 0 Å². The van der Waals surface area contributed by atoms with Crippen molar-refractivity contribution in [3.63, 3.8) is 0 Å². The van der Waals surface area contributed by atoms with E-state index in [2.05, 4.69) is 10.3 Å². The molecular formula is C11H12Cl2N2O. The Labute approximate surface area is 105 Å². The predicted octanol–water partition coefficient (Wildman–Crippen LogP) is 2.07. The molecule has 1 aromatic carbocycles. The minimum atomic E-state index is 0. The lowest BCUT2D eigenvalue weighted by atomic mass is 10.1. The number of rotatable bonds is 1. The Balaban J connectivity index is 0.000000963. The van der Waals surface area contributed by atoms with Crippen molar-refractivity contribution in [2.45, 2.75) is 12.5 Å². The third-order valence-corrected chi connectivity index (χ3v) is 3.09. The van der Waals surface area contributed by atoms with E-state index in [4.69, 9.17) is 16.3 Å². The molecule has 1 atom stereocenters. The van der Waals surface area contributed by atoms with E-state index in [0.717, 1.165) is 41.7 Å². The monoisotopic (exact) mass is 258 g/mol. The SMILES string of the molecule is Cl.Clc1cccc2c1CC(C1=NCCN1)O2. The summed E-state index contributed by atoms with van der Waals surface area (Å²) in [5.41, 5.74) is 1.10. The van der Waals surface area contributed by atoms with Gasteiger partial charge in [-0.25, -0.2) is 0 Å². The number of hydrogen-bond donors (Lipinski definition) is 1. The van der Waals surface area contributed by atoms with Crippen LogP contribution in [-0.2, 0) is 6.42 Å². The van der Waals surface area contributed by atoms with Crippen LogP contribution in [0.2, 0.25) is 5.02 Å². The number of fused-ring (bicyclic) bond motifs is 1. The zero-order chi connectivity index (χ0) is 10.3. The minimum absolute atomic E-state index is 0. The molecule has 5 heteroatoms. The number of nitrogens with zero attached hydrogens (tertiary/aromatic N) is 1. The third kappa shape index (κ3) is 1.85. The molecule has 3 rings (SSSR count). The van der Waals surface area contributed by atoms with Crippen molar-refractivity contribution < 1.29 is 4.74 Å². The quantitative estimate of drug-likeness (QED) is 0.837. The fourth-order valence-corrected chi connectivity index (χ4v) is 2.26. The van der Waals surface area contributed by atoms with Crippen molar-refractivity contribution in [1.29, 1.82) is 0 Å². The van der Waals surface area contributed by atoms with Gasteiger partial charge in [-0.1, -0.05) is 17.7 Å². The lowest BCUT2D eigenvalue weighted by Crippen LogP contribution is -2.34. The average molecular weight is 259 g/mol. The highest BCUT2D eigenvalue weighted by molar-refractivity contribution is 6.31. The van der Waals surface area contributed by atoms with Crippen LogP contribution < -0.4 is 10.1 Å². The summed E-state index contributed by atoms with van der Waals surface area (Å²) in [7, 11) is 0. The van der Waals surface area contributed by atoms with Crippen LogP contribution in [0.3, 0.4) is 0 Å². The normalized spacial score (nSPS) is 21.6. The van der Waals surface area contributed by atoms with Gasteiger partial charge in [0.2, 0.25) is 0 Å². The van der Waals surface area contributed by atoms with Crippen molar-refractivity contribution >= 4 is 29.8 Å². The van der Waals surface area contributed by atoms with E-state index in [1.54, 1.807) is 0 Å². The number of aliphatic imine (C=N–C) groups is 1. The van der Waals surface area contributed by atoms with E-state index in [9.17, 15) is 0 Å². The van der Waals surface area contributed by atoms with Crippen LogP contribution in [0.25, 0.3) is 0 Å². The van der Waals surface area contributed by atoms with Crippen LogP contribution in [0, 0.1) is 0 Å². The Bertz CT molecular complexity index is 434. The van der Waals surface area contributed by atoms with Crippen molar-refractivity contribution in [2.24, 2.45) is 4.99 Å². The summed E-state index contributed by atoms with van der Waals surface area (Å²) in [4.78, 5) is 4.37.